The lowest BCUT2D eigenvalue weighted by atomic mass is 10.2. The molecule has 1 aromatic heterocycles. The molecule has 1 atom stereocenters. The van der Waals surface area contributed by atoms with Gasteiger partial charge in [-0.15, -0.1) is 0 Å². The standard InChI is InChI=1S/C12H18FN3O2S/c1-2-8-16(10-5-7-14-9-10)19(17,18)12-11(13)4-3-6-15-12/h3-4,6,10,14H,2,5,7-9H2,1H3. The van der Waals surface area contributed by atoms with Gasteiger partial charge in [0.25, 0.3) is 10.0 Å². The molecular weight excluding hydrogens is 269 g/mol. The third kappa shape index (κ3) is 2.93. The van der Waals surface area contributed by atoms with E-state index in [4.69, 9.17) is 0 Å². The molecule has 1 saturated heterocycles. The van der Waals surface area contributed by atoms with Crippen molar-refractivity contribution in [3.63, 3.8) is 0 Å². The van der Waals surface area contributed by atoms with Gasteiger partial charge in [-0.1, -0.05) is 6.92 Å². The van der Waals surface area contributed by atoms with E-state index < -0.39 is 20.9 Å². The Bertz CT molecular complexity index is 530. The first-order valence-corrected chi connectivity index (χ1v) is 7.84. The van der Waals surface area contributed by atoms with Crippen LogP contribution in [0.3, 0.4) is 0 Å². The van der Waals surface area contributed by atoms with E-state index in [1.54, 1.807) is 0 Å². The molecule has 0 amide bonds. The van der Waals surface area contributed by atoms with E-state index >= 15 is 0 Å². The van der Waals surface area contributed by atoms with Crippen LogP contribution in [-0.4, -0.2) is 43.4 Å². The largest absolute Gasteiger partial charge is 0.315 e. The van der Waals surface area contributed by atoms with Gasteiger partial charge in [-0.05, 0) is 31.5 Å². The zero-order chi connectivity index (χ0) is 13.9. The molecule has 0 saturated carbocycles. The third-order valence-corrected chi connectivity index (χ3v) is 5.05. The van der Waals surface area contributed by atoms with E-state index in [1.807, 2.05) is 6.92 Å². The highest BCUT2D eigenvalue weighted by molar-refractivity contribution is 7.89. The fourth-order valence-electron chi connectivity index (χ4n) is 2.28. The lowest BCUT2D eigenvalue weighted by molar-refractivity contribution is 0.331. The van der Waals surface area contributed by atoms with E-state index in [-0.39, 0.29) is 6.04 Å². The predicted octanol–water partition coefficient (Wildman–Crippen LogP) is 0.983. The summed E-state index contributed by atoms with van der Waals surface area (Å²) >= 11 is 0. The quantitative estimate of drug-likeness (QED) is 0.877. The number of halogens is 1. The first kappa shape index (κ1) is 14.4. The fraction of sp³-hybridized carbons (Fsp3) is 0.583. The molecule has 1 aliphatic rings. The minimum Gasteiger partial charge on any atom is -0.315 e. The number of hydrogen-bond acceptors (Lipinski definition) is 4. The molecule has 0 aromatic carbocycles. The van der Waals surface area contributed by atoms with Crippen LogP contribution < -0.4 is 5.32 Å². The molecule has 0 spiro atoms. The third-order valence-electron chi connectivity index (χ3n) is 3.16. The van der Waals surface area contributed by atoms with Gasteiger partial charge in [-0.25, -0.2) is 17.8 Å². The average molecular weight is 287 g/mol. The van der Waals surface area contributed by atoms with Crippen LogP contribution in [0.2, 0.25) is 0 Å². The van der Waals surface area contributed by atoms with Gasteiger partial charge >= 0.3 is 0 Å². The van der Waals surface area contributed by atoms with Gasteiger partial charge in [0.1, 0.15) is 0 Å². The van der Waals surface area contributed by atoms with Crippen LogP contribution >= 0.6 is 0 Å². The lowest BCUT2D eigenvalue weighted by Gasteiger charge is -2.26. The van der Waals surface area contributed by atoms with Crippen molar-refractivity contribution in [3.8, 4) is 0 Å². The maximum atomic E-state index is 13.7. The second-order valence-electron chi connectivity index (χ2n) is 4.55. The number of pyridine rings is 1. The highest BCUT2D eigenvalue weighted by Crippen LogP contribution is 2.21. The number of aromatic nitrogens is 1. The van der Waals surface area contributed by atoms with Gasteiger partial charge in [-0.2, -0.15) is 4.31 Å². The molecule has 1 N–H and O–H groups in total. The fourth-order valence-corrected chi connectivity index (χ4v) is 4.00. The summed E-state index contributed by atoms with van der Waals surface area (Å²) < 4.78 is 40.1. The Hall–Kier alpha value is -1.05. The van der Waals surface area contributed by atoms with Gasteiger partial charge in [0, 0.05) is 25.3 Å². The molecule has 2 heterocycles. The van der Waals surface area contributed by atoms with E-state index in [9.17, 15) is 12.8 Å². The molecule has 1 fully saturated rings. The molecule has 5 nitrogen and oxygen atoms in total. The summed E-state index contributed by atoms with van der Waals surface area (Å²) in [5, 5.41) is 2.65. The van der Waals surface area contributed by atoms with Gasteiger partial charge in [0.2, 0.25) is 5.03 Å². The van der Waals surface area contributed by atoms with E-state index in [2.05, 4.69) is 10.3 Å². The maximum absolute atomic E-state index is 13.7. The number of nitrogens with one attached hydrogen (secondary N) is 1. The maximum Gasteiger partial charge on any atom is 0.263 e. The second kappa shape index (κ2) is 5.94. The molecule has 1 aromatic rings. The van der Waals surface area contributed by atoms with Gasteiger partial charge < -0.3 is 5.32 Å². The van der Waals surface area contributed by atoms with Crippen LogP contribution in [0.25, 0.3) is 0 Å². The monoisotopic (exact) mass is 287 g/mol. The van der Waals surface area contributed by atoms with Crippen LogP contribution in [0.15, 0.2) is 23.4 Å². The van der Waals surface area contributed by atoms with Crippen molar-refractivity contribution >= 4 is 10.0 Å². The molecule has 1 aliphatic heterocycles. The molecule has 0 radical (unpaired) electrons. The van der Waals surface area contributed by atoms with Crippen molar-refractivity contribution in [1.29, 1.82) is 0 Å². The predicted molar refractivity (Wildman–Crippen MR) is 69.7 cm³/mol. The molecule has 0 aliphatic carbocycles. The summed E-state index contributed by atoms with van der Waals surface area (Å²) in [5.41, 5.74) is 0. The summed E-state index contributed by atoms with van der Waals surface area (Å²) in [6.07, 6.45) is 2.73. The highest BCUT2D eigenvalue weighted by atomic mass is 32.2. The van der Waals surface area contributed by atoms with Crippen molar-refractivity contribution in [2.75, 3.05) is 19.6 Å². The van der Waals surface area contributed by atoms with Crippen molar-refractivity contribution < 1.29 is 12.8 Å². The molecule has 1 unspecified atom stereocenters. The topological polar surface area (TPSA) is 62.3 Å². The van der Waals surface area contributed by atoms with Crippen LogP contribution in [0.1, 0.15) is 19.8 Å². The van der Waals surface area contributed by atoms with Crippen molar-refractivity contribution in [3.05, 3.63) is 24.1 Å². The molecule has 2 rings (SSSR count). The Labute approximate surface area is 112 Å². The first-order valence-electron chi connectivity index (χ1n) is 6.40. The number of sulfonamides is 1. The minimum atomic E-state index is -3.87. The normalized spacial score (nSPS) is 20.1. The van der Waals surface area contributed by atoms with Crippen LogP contribution in [0.5, 0.6) is 0 Å². The van der Waals surface area contributed by atoms with Crippen LogP contribution in [0, 0.1) is 5.82 Å². The molecule has 106 valence electrons. The number of hydrogen-bond donors (Lipinski definition) is 1. The van der Waals surface area contributed by atoms with Gasteiger partial charge in [0.05, 0.1) is 0 Å². The van der Waals surface area contributed by atoms with E-state index in [0.717, 1.165) is 19.0 Å². The van der Waals surface area contributed by atoms with Crippen molar-refractivity contribution in [2.45, 2.75) is 30.8 Å². The van der Waals surface area contributed by atoms with Crippen molar-refractivity contribution in [1.82, 2.24) is 14.6 Å². The highest BCUT2D eigenvalue weighted by Gasteiger charge is 2.35. The van der Waals surface area contributed by atoms with Crippen molar-refractivity contribution in [2.24, 2.45) is 0 Å². The Kier molecular flexibility index (Phi) is 4.49. The Morgan fingerprint density at radius 3 is 2.95 bits per heavy atom. The average Bonchev–Trinajstić information content (AvgIpc) is 2.89. The first-order chi connectivity index (χ1) is 9.07. The Morgan fingerprint density at radius 2 is 2.37 bits per heavy atom. The number of nitrogens with zero attached hydrogens (tertiary/aromatic N) is 2. The molecule has 19 heavy (non-hydrogen) atoms. The minimum absolute atomic E-state index is 0.119. The van der Waals surface area contributed by atoms with E-state index in [0.29, 0.717) is 19.5 Å². The molecule has 0 bridgehead atoms. The van der Waals surface area contributed by atoms with Gasteiger partial charge in [-0.3, -0.25) is 0 Å². The Balaban J connectivity index is 2.36. The summed E-state index contributed by atoms with van der Waals surface area (Å²) in [7, 11) is -3.87. The summed E-state index contributed by atoms with van der Waals surface area (Å²) in [5.74, 6) is -0.797. The lowest BCUT2D eigenvalue weighted by Crippen LogP contribution is -2.42. The SMILES string of the molecule is CCCN(C1CCNC1)S(=O)(=O)c1ncccc1F. The Morgan fingerprint density at radius 1 is 1.58 bits per heavy atom. The number of rotatable bonds is 5. The second-order valence-corrected chi connectivity index (χ2v) is 6.36. The summed E-state index contributed by atoms with van der Waals surface area (Å²) in [6.45, 7) is 3.67. The van der Waals surface area contributed by atoms with E-state index in [1.165, 1.54) is 16.6 Å². The molecule has 7 heteroatoms. The zero-order valence-corrected chi connectivity index (χ0v) is 11.7. The summed E-state index contributed by atoms with van der Waals surface area (Å²) in [6, 6.07) is 2.39. The van der Waals surface area contributed by atoms with Crippen LogP contribution in [0.4, 0.5) is 4.39 Å². The zero-order valence-electron chi connectivity index (χ0n) is 10.8. The smallest absolute Gasteiger partial charge is 0.263 e. The molecular formula is C12H18FN3O2S. The van der Waals surface area contributed by atoms with Crippen LogP contribution in [-0.2, 0) is 10.0 Å². The summed E-state index contributed by atoms with van der Waals surface area (Å²) in [4.78, 5) is 3.70. The van der Waals surface area contributed by atoms with Gasteiger partial charge in [0.15, 0.2) is 5.82 Å².